The van der Waals surface area contributed by atoms with Crippen LogP contribution in [0.3, 0.4) is 0 Å². The second-order valence-electron chi connectivity index (χ2n) is 4.27. The molecule has 0 fully saturated rings. The van der Waals surface area contributed by atoms with Crippen molar-refractivity contribution < 1.29 is 16.8 Å². The van der Waals surface area contributed by atoms with E-state index in [4.69, 9.17) is 5.73 Å². The van der Waals surface area contributed by atoms with Crippen LogP contribution >= 0.6 is 12.4 Å². The quantitative estimate of drug-likeness (QED) is 0.673. The van der Waals surface area contributed by atoms with Gasteiger partial charge in [0.15, 0.2) is 9.84 Å². The van der Waals surface area contributed by atoms with Crippen LogP contribution in [0.25, 0.3) is 0 Å². The van der Waals surface area contributed by atoms with Gasteiger partial charge in [0.05, 0.1) is 15.5 Å². The van der Waals surface area contributed by atoms with Gasteiger partial charge in [0.1, 0.15) is 0 Å². The van der Waals surface area contributed by atoms with Crippen LogP contribution in [0.5, 0.6) is 0 Å². The Labute approximate surface area is 132 Å². The summed E-state index contributed by atoms with van der Waals surface area (Å²) in [6, 6.07) is 5.38. The van der Waals surface area contributed by atoms with E-state index in [2.05, 4.69) is 4.72 Å². The van der Waals surface area contributed by atoms with Crippen molar-refractivity contribution in [1.29, 1.82) is 0 Å². The van der Waals surface area contributed by atoms with E-state index in [-0.39, 0.29) is 34.5 Å². The van der Waals surface area contributed by atoms with Crippen molar-refractivity contribution in [3.05, 3.63) is 24.3 Å². The highest BCUT2D eigenvalue weighted by Crippen LogP contribution is 2.16. The molecule has 3 N–H and O–H groups in total. The number of halogens is 1. The van der Waals surface area contributed by atoms with Gasteiger partial charge in [-0.25, -0.2) is 21.6 Å². The lowest BCUT2D eigenvalue weighted by Gasteiger charge is -2.08. The van der Waals surface area contributed by atoms with Gasteiger partial charge in [-0.3, -0.25) is 0 Å². The topological polar surface area (TPSA) is 106 Å². The zero-order chi connectivity index (χ0) is 15.2. The second-order valence-corrected chi connectivity index (χ2v) is 8.32. The van der Waals surface area contributed by atoms with E-state index < -0.39 is 19.9 Å². The second kappa shape index (κ2) is 8.70. The SMILES string of the molecule is CCS(=O)(=O)c1cccc(S(=O)(=O)NCCCCN)c1.Cl. The van der Waals surface area contributed by atoms with Crippen molar-refractivity contribution >= 4 is 32.3 Å². The first kappa shape index (κ1) is 20.3. The van der Waals surface area contributed by atoms with Crippen LogP contribution in [0.1, 0.15) is 19.8 Å². The van der Waals surface area contributed by atoms with E-state index in [1.54, 1.807) is 0 Å². The van der Waals surface area contributed by atoms with Crippen molar-refractivity contribution in [3.8, 4) is 0 Å². The molecule has 9 heteroatoms. The number of hydrogen-bond acceptors (Lipinski definition) is 5. The fraction of sp³-hybridized carbons (Fsp3) is 0.500. The fourth-order valence-electron chi connectivity index (χ4n) is 1.56. The highest BCUT2D eigenvalue weighted by Gasteiger charge is 2.17. The first-order valence-corrected chi connectivity index (χ1v) is 9.49. The predicted octanol–water partition coefficient (Wildman–Crippen LogP) is 0.919. The molecule has 6 nitrogen and oxygen atoms in total. The molecule has 0 aliphatic carbocycles. The Morgan fingerprint density at radius 2 is 1.71 bits per heavy atom. The zero-order valence-electron chi connectivity index (χ0n) is 11.8. The summed E-state index contributed by atoms with van der Waals surface area (Å²) in [7, 11) is -7.11. The molecule has 21 heavy (non-hydrogen) atoms. The highest BCUT2D eigenvalue weighted by atomic mass is 35.5. The number of benzene rings is 1. The minimum absolute atomic E-state index is 0. The number of nitrogens with one attached hydrogen (secondary N) is 1. The molecule has 0 radical (unpaired) electrons. The summed E-state index contributed by atoms with van der Waals surface area (Å²) >= 11 is 0. The van der Waals surface area contributed by atoms with Crippen molar-refractivity contribution in [2.45, 2.75) is 29.6 Å². The van der Waals surface area contributed by atoms with Gasteiger partial charge >= 0.3 is 0 Å². The van der Waals surface area contributed by atoms with Gasteiger partial charge in [0.2, 0.25) is 10.0 Å². The molecule has 0 saturated carbocycles. The highest BCUT2D eigenvalue weighted by molar-refractivity contribution is 7.91. The Morgan fingerprint density at radius 3 is 2.29 bits per heavy atom. The molecule has 0 spiro atoms. The van der Waals surface area contributed by atoms with Crippen LogP contribution < -0.4 is 10.5 Å². The number of hydrogen-bond donors (Lipinski definition) is 2. The summed E-state index contributed by atoms with van der Waals surface area (Å²) in [6.45, 7) is 2.30. The molecular weight excluding hydrogens is 336 g/mol. The van der Waals surface area contributed by atoms with Crippen LogP contribution in [-0.2, 0) is 19.9 Å². The van der Waals surface area contributed by atoms with Crippen LogP contribution in [0.15, 0.2) is 34.1 Å². The summed E-state index contributed by atoms with van der Waals surface area (Å²) in [5.74, 6) is -0.0690. The monoisotopic (exact) mass is 356 g/mol. The van der Waals surface area contributed by atoms with Gasteiger partial charge in [-0.15, -0.1) is 12.4 Å². The Kier molecular flexibility index (Phi) is 8.42. The molecule has 0 aromatic heterocycles. The third-order valence-corrected chi connectivity index (χ3v) is 5.97. The lowest BCUT2D eigenvalue weighted by molar-refractivity contribution is 0.576. The van der Waals surface area contributed by atoms with E-state index in [1.807, 2.05) is 0 Å². The van der Waals surface area contributed by atoms with Crippen LogP contribution in [-0.4, -0.2) is 35.7 Å². The standard InChI is InChI=1S/C12H20N2O4S2.ClH/c1-2-19(15,16)11-6-5-7-12(10-11)20(17,18)14-9-4-3-8-13;/h5-7,10,14H,2-4,8-9,13H2,1H3;1H. The molecule has 122 valence electrons. The number of nitrogens with two attached hydrogens (primary N) is 1. The zero-order valence-corrected chi connectivity index (χ0v) is 14.2. The maximum Gasteiger partial charge on any atom is 0.240 e. The third kappa shape index (κ3) is 5.91. The molecule has 0 heterocycles. The lowest BCUT2D eigenvalue weighted by atomic mass is 10.3. The van der Waals surface area contributed by atoms with Gasteiger partial charge in [-0.1, -0.05) is 13.0 Å². The molecule has 1 rings (SSSR count). The summed E-state index contributed by atoms with van der Waals surface area (Å²) in [5.41, 5.74) is 5.33. The molecule has 0 amide bonds. The van der Waals surface area contributed by atoms with Gasteiger partial charge in [-0.2, -0.15) is 0 Å². The third-order valence-electron chi connectivity index (χ3n) is 2.78. The molecule has 0 bridgehead atoms. The molecule has 0 saturated heterocycles. The number of unbranched alkanes of at least 4 members (excludes halogenated alkanes) is 1. The van der Waals surface area contributed by atoms with Crippen LogP contribution in [0.2, 0.25) is 0 Å². The first-order valence-electron chi connectivity index (χ1n) is 6.36. The summed E-state index contributed by atoms with van der Waals surface area (Å²) in [5, 5.41) is 0. The van der Waals surface area contributed by atoms with Crippen molar-refractivity contribution in [2.75, 3.05) is 18.8 Å². The van der Waals surface area contributed by atoms with E-state index in [9.17, 15) is 16.8 Å². The maximum absolute atomic E-state index is 12.0. The fourth-order valence-corrected chi connectivity index (χ4v) is 3.68. The maximum atomic E-state index is 12.0. The molecule has 0 aliphatic rings. The van der Waals surface area contributed by atoms with E-state index in [0.717, 1.165) is 6.42 Å². The minimum Gasteiger partial charge on any atom is -0.330 e. The van der Waals surface area contributed by atoms with Crippen LogP contribution in [0.4, 0.5) is 0 Å². The summed E-state index contributed by atoms with van der Waals surface area (Å²) < 4.78 is 50.0. The number of rotatable bonds is 8. The lowest BCUT2D eigenvalue weighted by Crippen LogP contribution is -2.25. The predicted molar refractivity (Wildman–Crippen MR) is 84.9 cm³/mol. The average molecular weight is 357 g/mol. The Hall–Kier alpha value is -0.670. The Bertz CT molecular complexity index is 645. The molecule has 1 aromatic carbocycles. The van der Waals surface area contributed by atoms with Gasteiger partial charge in [0.25, 0.3) is 0 Å². The van der Waals surface area contributed by atoms with Crippen LogP contribution in [0, 0.1) is 0 Å². The molecular formula is C12H21ClN2O4S2. The van der Waals surface area contributed by atoms with Crippen molar-refractivity contribution in [1.82, 2.24) is 4.72 Å². The minimum atomic E-state index is -3.69. The molecule has 0 unspecified atom stereocenters. The normalized spacial score (nSPS) is 11.9. The first-order chi connectivity index (χ1) is 9.33. The molecule has 0 atom stereocenters. The smallest absolute Gasteiger partial charge is 0.240 e. The van der Waals surface area contributed by atoms with E-state index in [0.29, 0.717) is 13.0 Å². The largest absolute Gasteiger partial charge is 0.330 e. The average Bonchev–Trinajstić information content (AvgIpc) is 2.44. The van der Waals surface area contributed by atoms with E-state index in [1.165, 1.54) is 31.2 Å². The van der Waals surface area contributed by atoms with Gasteiger partial charge in [0, 0.05) is 6.54 Å². The van der Waals surface area contributed by atoms with Crippen molar-refractivity contribution in [3.63, 3.8) is 0 Å². The summed E-state index contributed by atoms with van der Waals surface area (Å²) in [4.78, 5) is -0.0235. The molecule has 0 aliphatic heterocycles. The van der Waals surface area contributed by atoms with Gasteiger partial charge < -0.3 is 5.73 Å². The summed E-state index contributed by atoms with van der Waals surface area (Å²) in [6.07, 6.45) is 1.37. The Balaban J connectivity index is 0.00000400. The van der Waals surface area contributed by atoms with Crippen molar-refractivity contribution in [2.24, 2.45) is 5.73 Å². The van der Waals surface area contributed by atoms with Gasteiger partial charge in [-0.05, 0) is 37.6 Å². The van der Waals surface area contributed by atoms with E-state index >= 15 is 0 Å². The Morgan fingerprint density at radius 1 is 1.10 bits per heavy atom. The number of sulfonamides is 1. The number of sulfone groups is 1. The molecule has 1 aromatic rings.